The molecule has 1 fully saturated rings. The molecule has 1 aromatic rings. The summed E-state index contributed by atoms with van der Waals surface area (Å²) >= 11 is 9.67. The molecule has 0 atom stereocenters. The summed E-state index contributed by atoms with van der Waals surface area (Å²) in [5.41, 5.74) is 0.887. The van der Waals surface area contributed by atoms with E-state index in [0.29, 0.717) is 9.23 Å². The number of carbonyl (C=O) groups is 2. The lowest BCUT2D eigenvalue weighted by atomic mass is 10.2. The summed E-state index contributed by atoms with van der Waals surface area (Å²) in [6, 6.07) is 7.56. The topological polar surface area (TPSA) is 46.6 Å². The maximum Gasteiger partial charge on any atom is 0.325 e. The standard InChI is InChI=1S/C13H10BrNO3S2/c1-18-11(16)7-15-12(17)10(20-13(15)19)6-8-3-2-4-9(14)5-8/h2-6H,7H2,1H3. The minimum Gasteiger partial charge on any atom is -0.468 e. The van der Waals surface area contributed by atoms with Crippen molar-refractivity contribution in [2.75, 3.05) is 13.7 Å². The lowest BCUT2D eigenvalue weighted by molar-refractivity contribution is -0.143. The number of thioether (sulfide) groups is 1. The molecule has 1 aliphatic rings. The molecular weight excluding hydrogens is 362 g/mol. The van der Waals surface area contributed by atoms with Crippen LogP contribution in [-0.2, 0) is 14.3 Å². The number of benzene rings is 1. The second-order valence-electron chi connectivity index (χ2n) is 3.90. The summed E-state index contributed by atoms with van der Waals surface area (Å²) in [6.45, 7) is -0.156. The number of amides is 1. The monoisotopic (exact) mass is 371 g/mol. The highest BCUT2D eigenvalue weighted by Gasteiger charge is 2.33. The number of carbonyl (C=O) groups excluding carboxylic acids is 2. The average Bonchev–Trinajstić information content (AvgIpc) is 2.66. The highest BCUT2D eigenvalue weighted by Crippen LogP contribution is 2.32. The third-order valence-corrected chi connectivity index (χ3v) is 4.41. The number of rotatable bonds is 3. The fourth-order valence-corrected chi connectivity index (χ4v) is 3.25. The minimum absolute atomic E-state index is 0.156. The molecule has 4 nitrogen and oxygen atoms in total. The number of hydrogen-bond acceptors (Lipinski definition) is 5. The van der Waals surface area contributed by atoms with Crippen LogP contribution in [0.5, 0.6) is 0 Å². The van der Waals surface area contributed by atoms with Crippen LogP contribution in [0.1, 0.15) is 5.56 Å². The Balaban J connectivity index is 2.21. The van der Waals surface area contributed by atoms with Crippen LogP contribution in [0.4, 0.5) is 0 Å². The second kappa shape index (κ2) is 6.51. The third kappa shape index (κ3) is 3.47. The van der Waals surface area contributed by atoms with Crippen LogP contribution in [0.15, 0.2) is 33.6 Å². The number of nitrogens with zero attached hydrogens (tertiary/aromatic N) is 1. The quantitative estimate of drug-likeness (QED) is 0.464. The smallest absolute Gasteiger partial charge is 0.325 e. The lowest BCUT2D eigenvalue weighted by Gasteiger charge is -2.11. The predicted molar refractivity (Wildman–Crippen MR) is 86.0 cm³/mol. The van der Waals surface area contributed by atoms with Gasteiger partial charge in [0.1, 0.15) is 10.9 Å². The second-order valence-corrected chi connectivity index (χ2v) is 6.49. The lowest BCUT2D eigenvalue weighted by Crippen LogP contribution is -2.33. The van der Waals surface area contributed by atoms with Crippen LogP contribution in [0.2, 0.25) is 0 Å². The molecule has 1 aliphatic heterocycles. The van der Waals surface area contributed by atoms with Crippen LogP contribution in [-0.4, -0.2) is 34.8 Å². The SMILES string of the molecule is COC(=O)CN1C(=O)C(=Cc2cccc(Br)c2)SC1=S. The summed E-state index contributed by atoms with van der Waals surface area (Å²) in [6.07, 6.45) is 1.75. The number of esters is 1. The largest absolute Gasteiger partial charge is 0.468 e. The van der Waals surface area contributed by atoms with E-state index in [0.717, 1.165) is 10.0 Å². The molecule has 0 unspecified atom stereocenters. The summed E-state index contributed by atoms with van der Waals surface area (Å²) in [4.78, 5) is 25.2. The first-order chi connectivity index (χ1) is 9.51. The maximum absolute atomic E-state index is 12.2. The van der Waals surface area contributed by atoms with Gasteiger partial charge < -0.3 is 4.74 Å². The summed E-state index contributed by atoms with van der Waals surface area (Å²) in [7, 11) is 1.28. The fraction of sp³-hybridized carbons (Fsp3) is 0.154. The Hall–Kier alpha value is -1.18. The van der Waals surface area contributed by atoms with Gasteiger partial charge >= 0.3 is 5.97 Å². The molecule has 1 saturated heterocycles. The first-order valence-electron chi connectivity index (χ1n) is 5.59. The molecule has 104 valence electrons. The summed E-state index contributed by atoms with van der Waals surface area (Å²) in [5, 5.41) is 0. The van der Waals surface area contributed by atoms with Crippen molar-refractivity contribution >= 4 is 62.2 Å². The van der Waals surface area contributed by atoms with Gasteiger partial charge in [-0.3, -0.25) is 14.5 Å². The van der Waals surface area contributed by atoms with Crippen molar-refractivity contribution in [3.8, 4) is 0 Å². The zero-order chi connectivity index (χ0) is 14.7. The van der Waals surface area contributed by atoms with E-state index in [2.05, 4.69) is 20.7 Å². The van der Waals surface area contributed by atoms with Gasteiger partial charge in [0.15, 0.2) is 0 Å². The van der Waals surface area contributed by atoms with E-state index in [4.69, 9.17) is 12.2 Å². The third-order valence-electron chi connectivity index (χ3n) is 2.53. The number of halogens is 1. The van der Waals surface area contributed by atoms with Gasteiger partial charge in [0.2, 0.25) is 0 Å². The number of hydrogen-bond donors (Lipinski definition) is 0. The van der Waals surface area contributed by atoms with E-state index >= 15 is 0 Å². The normalized spacial score (nSPS) is 16.9. The highest BCUT2D eigenvalue weighted by molar-refractivity contribution is 9.10. The average molecular weight is 372 g/mol. The molecule has 0 spiro atoms. The number of methoxy groups -OCH3 is 1. The molecule has 0 aliphatic carbocycles. The zero-order valence-corrected chi connectivity index (χ0v) is 13.7. The van der Waals surface area contributed by atoms with E-state index in [-0.39, 0.29) is 12.5 Å². The molecule has 1 heterocycles. The van der Waals surface area contributed by atoms with E-state index in [1.807, 2.05) is 24.3 Å². The molecule has 1 aromatic carbocycles. The van der Waals surface area contributed by atoms with Crippen molar-refractivity contribution in [3.63, 3.8) is 0 Å². The Morgan fingerprint density at radius 1 is 1.55 bits per heavy atom. The molecule has 0 N–H and O–H groups in total. The molecule has 0 aromatic heterocycles. The van der Waals surface area contributed by atoms with Crippen molar-refractivity contribution in [3.05, 3.63) is 39.2 Å². The Labute approximate surface area is 134 Å². The van der Waals surface area contributed by atoms with Gasteiger partial charge in [-0.15, -0.1) is 0 Å². The Morgan fingerprint density at radius 3 is 2.95 bits per heavy atom. The molecule has 20 heavy (non-hydrogen) atoms. The van der Waals surface area contributed by atoms with Crippen LogP contribution in [0.3, 0.4) is 0 Å². The van der Waals surface area contributed by atoms with E-state index < -0.39 is 5.97 Å². The Kier molecular flexibility index (Phi) is 4.95. The van der Waals surface area contributed by atoms with Crippen LogP contribution in [0, 0.1) is 0 Å². The van der Waals surface area contributed by atoms with E-state index in [9.17, 15) is 9.59 Å². The highest BCUT2D eigenvalue weighted by atomic mass is 79.9. The van der Waals surface area contributed by atoms with Crippen molar-refractivity contribution in [1.29, 1.82) is 0 Å². The van der Waals surface area contributed by atoms with Gasteiger partial charge in [0.25, 0.3) is 5.91 Å². The summed E-state index contributed by atoms with van der Waals surface area (Å²) < 4.78 is 5.84. The molecule has 0 saturated carbocycles. The molecule has 7 heteroatoms. The molecule has 0 bridgehead atoms. The first-order valence-corrected chi connectivity index (χ1v) is 7.61. The van der Waals surface area contributed by atoms with Gasteiger partial charge in [-0.25, -0.2) is 0 Å². The first kappa shape index (κ1) is 15.2. The van der Waals surface area contributed by atoms with Crippen LogP contribution < -0.4 is 0 Å². The van der Waals surface area contributed by atoms with Crippen LogP contribution >= 0.6 is 39.9 Å². The van der Waals surface area contributed by atoms with Gasteiger partial charge in [-0.2, -0.15) is 0 Å². The predicted octanol–water partition coefficient (Wildman–Crippen LogP) is 2.82. The van der Waals surface area contributed by atoms with Gasteiger partial charge in [0, 0.05) is 4.47 Å². The molecule has 1 amide bonds. The molecule has 2 rings (SSSR count). The molecule has 0 radical (unpaired) electrons. The summed E-state index contributed by atoms with van der Waals surface area (Å²) in [5.74, 6) is -0.768. The van der Waals surface area contributed by atoms with Crippen LogP contribution in [0.25, 0.3) is 6.08 Å². The molecular formula is C13H10BrNO3S2. The van der Waals surface area contributed by atoms with E-state index in [1.54, 1.807) is 6.08 Å². The van der Waals surface area contributed by atoms with Crippen molar-refractivity contribution in [2.24, 2.45) is 0 Å². The number of thiocarbonyl (C=S) groups is 1. The zero-order valence-electron chi connectivity index (χ0n) is 10.5. The van der Waals surface area contributed by atoms with Gasteiger partial charge in [-0.05, 0) is 23.8 Å². The van der Waals surface area contributed by atoms with Crippen molar-refractivity contribution < 1.29 is 14.3 Å². The number of ether oxygens (including phenoxy) is 1. The fourth-order valence-electron chi connectivity index (χ4n) is 1.58. The van der Waals surface area contributed by atoms with Gasteiger partial charge in [0.05, 0.1) is 12.0 Å². The van der Waals surface area contributed by atoms with E-state index in [1.165, 1.54) is 23.8 Å². The van der Waals surface area contributed by atoms with Crippen molar-refractivity contribution in [1.82, 2.24) is 4.90 Å². The minimum atomic E-state index is -0.495. The maximum atomic E-state index is 12.2. The van der Waals surface area contributed by atoms with Crippen molar-refractivity contribution in [2.45, 2.75) is 0 Å². The Bertz CT molecular complexity index is 615. The Morgan fingerprint density at radius 2 is 2.30 bits per heavy atom. The van der Waals surface area contributed by atoms with Gasteiger partial charge in [-0.1, -0.05) is 52.0 Å².